The summed E-state index contributed by atoms with van der Waals surface area (Å²) in [5.41, 5.74) is -0.486. The van der Waals surface area contributed by atoms with Crippen LogP contribution in [0.25, 0.3) is 10.2 Å². The van der Waals surface area contributed by atoms with Gasteiger partial charge in [0.2, 0.25) is 0 Å². The molecule has 0 aliphatic rings. The molecular weight excluding hydrogens is 369 g/mol. The van der Waals surface area contributed by atoms with Crippen LogP contribution < -0.4 is 5.32 Å². The van der Waals surface area contributed by atoms with Gasteiger partial charge in [-0.3, -0.25) is 9.59 Å². The van der Waals surface area contributed by atoms with E-state index < -0.39 is 29.7 Å². The zero-order valence-corrected chi connectivity index (χ0v) is 15.3. The van der Waals surface area contributed by atoms with E-state index in [1.807, 2.05) is 13.8 Å². The topological polar surface area (TPSA) is 79.3 Å². The number of rotatable bonds is 6. The van der Waals surface area contributed by atoms with Gasteiger partial charge in [0.05, 0.1) is 10.8 Å². The van der Waals surface area contributed by atoms with Gasteiger partial charge in [-0.1, -0.05) is 13.8 Å². The van der Waals surface area contributed by atoms with Gasteiger partial charge in [0, 0.05) is 11.9 Å². The van der Waals surface area contributed by atoms with Crippen LogP contribution in [0.5, 0.6) is 0 Å². The predicted molar refractivity (Wildman–Crippen MR) is 92.3 cm³/mol. The van der Waals surface area contributed by atoms with E-state index in [2.05, 4.69) is 10.3 Å². The second-order valence-corrected chi connectivity index (χ2v) is 7.48. The first kappa shape index (κ1) is 20.2. The molecular formula is C17H19F3N2O3S. The first-order valence-electron chi connectivity index (χ1n) is 7.99. The van der Waals surface area contributed by atoms with Crippen molar-refractivity contribution >= 4 is 33.4 Å². The molecule has 0 radical (unpaired) electrons. The van der Waals surface area contributed by atoms with Crippen LogP contribution in [0.15, 0.2) is 12.1 Å². The molecule has 0 aliphatic heterocycles. The third-order valence-corrected chi connectivity index (χ3v) is 5.11. The fourth-order valence-corrected chi connectivity index (χ4v) is 3.71. The van der Waals surface area contributed by atoms with E-state index >= 15 is 0 Å². The average molecular weight is 388 g/mol. The molecule has 26 heavy (non-hydrogen) atoms. The smallest absolute Gasteiger partial charge is 0.433 e. The number of aliphatic carboxylic acids is 1. The summed E-state index contributed by atoms with van der Waals surface area (Å²) in [4.78, 5) is 27.6. The van der Waals surface area contributed by atoms with Crippen LogP contribution in [0.3, 0.4) is 0 Å². The summed E-state index contributed by atoms with van der Waals surface area (Å²) in [6, 6.07) is 2.18. The summed E-state index contributed by atoms with van der Waals surface area (Å²) in [5, 5.41) is 12.3. The quantitative estimate of drug-likeness (QED) is 0.781. The highest BCUT2D eigenvalue weighted by atomic mass is 32.1. The number of carbonyl (C=O) groups excluding carboxylic acids is 1. The second-order valence-electron chi connectivity index (χ2n) is 6.48. The lowest BCUT2D eigenvalue weighted by Gasteiger charge is -2.15. The molecule has 0 aliphatic carbocycles. The number of hydrogen-bond donors (Lipinski definition) is 2. The van der Waals surface area contributed by atoms with Crippen molar-refractivity contribution in [2.24, 2.45) is 11.8 Å². The number of carboxylic acids is 1. The SMILES string of the molecule is Cc1c(C(=O)NCC(CC(C)C)C(=O)O)sc2nc(C(F)(F)F)ccc12. The number of nitrogens with one attached hydrogen (secondary N) is 1. The van der Waals surface area contributed by atoms with Gasteiger partial charge >= 0.3 is 12.1 Å². The molecule has 1 atom stereocenters. The summed E-state index contributed by atoms with van der Waals surface area (Å²) in [6.45, 7) is 5.36. The lowest BCUT2D eigenvalue weighted by molar-refractivity contribution is -0.142. The molecule has 0 fully saturated rings. The van der Waals surface area contributed by atoms with Gasteiger partial charge < -0.3 is 10.4 Å². The Labute approximate surface area is 152 Å². The summed E-state index contributed by atoms with van der Waals surface area (Å²) < 4.78 is 38.3. The van der Waals surface area contributed by atoms with E-state index in [-0.39, 0.29) is 22.2 Å². The largest absolute Gasteiger partial charge is 0.481 e. The molecule has 2 aromatic rings. The van der Waals surface area contributed by atoms with Gasteiger partial charge in [0.15, 0.2) is 0 Å². The zero-order chi connectivity index (χ0) is 19.6. The molecule has 1 amide bonds. The Morgan fingerprint density at radius 2 is 1.96 bits per heavy atom. The summed E-state index contributed by atoms with van der Waals surface area (Å²) >= 11 is 0.866. The maximum Gasteiger partial charge on any atom is 0.433 e. The fraction of sp³-hybridized carbons (Fsp3) is 0.471. The molecule has 142 valence electrons. The normalized spacial score (nSPS) is 13.2. The number of carbonyl (C=O) groups is 2. The Morgan fingerprint density at radius 1 is 1.31 bits per heavy atom. The number of fused-ring (bicyclic) bond motifs is 1. The van der Waals surface area contributed by atoms with Crippen molar-refractivity contribution in [1.82, 2.24) is 10.3 Å². The van der Waals surface area contributed by atoms with Crippen molar-refractivity contribution in [2.75, 3.05) is 6.54 Å². The highest BCUT2D eigenvalue weighted by Crippen LogP contribution is 2.34. The number of carboxylic acid groups (broad SMARTS) is 1. The second kappa shape index (κ2) is 7.61. The van der Waals surface area contributed by atoms with Crippen molar-refractivity contribution in [3.63, 3.8) is 0 Å². The molecule has 2 N–H and O–H groups in total. The minimum atomic E-state index is -4.56. The molecule has 0 bridgehead atoms. The summed E-state index contributed by atoms with van der Waals surface area (Å²) in [6.07, 6.45) is -4.14. The molecule has 5 nitrogen and oxygen atoms in total. The van der Waals surface area contributed by atoms with E-state index in [0.29, 0.717) is 17.4 Å². The third kappa shape index (κ3) is 4.51. The number of thiophene rings is 1. The van der Waals surface area contributed by atoms with Crippen LogP contribution in [-0.2, 0) is 11.0 Å². The van der Waals surface area contributed by atoms with Gasteiger partial charge in [0.25, 0.3) is 5.91 Å². The van der Waals surface area contributed by atoms with E-state index in [1.165, 1.54) is 6.07 Å². The molecule has 2 aromatic heterocycles. The Kier molecular flexibility index (Phi) is 5.90. The number of hydrogen-bond acceptors (Lipinski definition) is 4. The van der Waals surface area contributed by atoms with Crippen LogP contribution in [0.1, 0.15) is 41.2 Å². The van der Waals surface area contributed by atoms with E-state index in [0.717, 1.165) is 17.4 Å². The number of halogens is 3. The summed E-state index contributed by atoms with van der Waals surface area (Å²) in [5.74, 6) is -2.06. The number of nitrogens with zero attached hydrogens (tertiary/aromatic N) is 1. The minimum absolute atomic E-state index is 0.0404. The highest BCUT2D eigenvalue weighted by Gasteiger charge is 2.33. The van der Waals surface area contributed by atoms with E-state index in [1.54, 1.807) is 6.92 Å². The lowest BCUT2D eigenvalue weighted by atomic mass is 9.97. The Bertz CT molecular complexity index is 831. The maximum absolute atomic E-state index is 12.8. The van der Waals surface area contributed by atoms with E-state index in [4.69, 9.17) is 0 Å². The van der Waals surface area contributed by atoms with Gasteiger partial charge in [-0.25, -0.2) is 4.98 Å². The third-order valence-electron chi connectivity index (χ3n) is 3.91. The van der Waals surface area contributed by atoms with Crippen molar-refractivity contribution in [2.45, 2.75) is 33.4 Å². The lowest BCUT2D eigenvalue weighted by Crippen LogP contribution is -2.33. The molecule has 9 heteroatoms. The molecule has 0 aromatic carbocycles. The number of aryl methyl sites for hydroxylation is 1. The van der Waals surface area contributed by atoms with Crippen molar-refractivity contribution in [1.29, 1.82) is 0 Å². The van der Waals surface area contributed by atoms with Gasteiger partial charge in [0.1, 0.15) is 10.5 Å². The average Bonchev–Trinajstić information content (AvgIpc) is 2.86. The van der Waals surface area contributed by atoms with Crippen molar-refractivity contribution in [3.05, 3.63) is 28.3 Å². The molecule has 0 spiro atoms. The molecule has 0 saturated heterocycles. The Balaban J connectivity index is 2.22. The molecule has 2 heterocycles. The fourth-order valence-electron chi connectivity index (χ4n) is 2.61. The monoisotopic (exact) mass is 388 g/mol. The first-order chi connectivity index (χ1) is 12.0. The summed E-state index contributed by atoms with van der Waals surface area (Å²) in [7, 11) is 0. The molecule has 0 saturated carbocycles. The van der Waals surface area contributed by atoms with E-state index in [9.17, 15) is 27.9 Å². The van der Waals surface area contributed by atoms with Crippen molar-refractivity contribution in [3.8, 4) is 0 Å². The van der Waals surface area contributed by atoms with Gasteiger partial charge in [-0.2, -0.15) is 13.2 Å². The van der Waals surface area contributed by atoms with Gasteiger partial charge in [-0.15, -0.1) is 11.3 Å². The van der Waals surface area contributed by atoms with Crippen LogP contribution in [-0.4, -0.2) is 28.5 Å². The number of amides is 1. The standard InChI is InChI=1S/C17H19F3N2O3S/c1-8(2)6-10(16(24)25)7-21-14(23)13-9(3)11-4-5-12(17(18,19)20)22-15(11)26-13/h4-5,8,10H,6-7H2,1-3H3,(H,21,23)(H,24,25). The van der Waals surface area contributed by atoms with Crippen LogP contribution in [0, 0.1) is 18.8 Å². The van der Waals surface area contributed by atoms with Crippen LogP contribution in [0.4, 0.5) is 13.2 Å². The highest BCUT2D eigenvalue weighted by molar-refractivity contribution is 7.20. The first-order valence-corrected chi connectivity index (χ1v) is 8.80. The molecule has 2 rings (SSSR count). The predicted octanol–water partition coefficient (Wildman–Crippen LogP) is 4.10. The zero-order valence-electron chi connectivity index (χ0n) is 14.5. The molecule has 1 unspecified atom stereocenters. The van der Waals surface area contributed by atoms with Gasteiger partial charge in [-0.05, 0) is 37.0 Å². The van der Waals surface area contributed by atoms with Crippen molar-refractivity contribution < 1.29 is 27.9 Å². The Morgan fingerprint density at radius 3 is 2.50 bits per heavy atom. The van der Waals surface area contributed by atoms with Crippen LogP contribution >= 0.6 is 11.3 Å². The maximum atomic E-state index is 12.8. The Hall–Kier alpha value is -2.16. The van der Waals surface area contributed by atoms with Crippen LogP contribution in [0.2, 0.25) is 0 Å². The minimum Gasteiger partial charge on any atom is -0.481 e. The number of pyridine rings is 1. The number of alkyl halides is 3. The number of aromatic nitrogens is 1.